The highest BCUT2D eigenvalue weighted by molar-refractivity contribution is 6.21. The van der Waals surface area contributed by atoms with Gasteiger partial charge in [-0.2, -0.15) is 0 Å². The van der Waals surface area contributed by atoms with Crippen LogP contribution < -0.4 is 0 Å². The molecule has 3 rings (SSSR count). The van der Waals surface area contributed by atoms with Crippen LogP contribution in [0.25, 0.3) is 0 Å². The van der Waals surface area contributed by atoms with Crippen molar-refractivity contribution in [2.75, 3.05) is 0 Å². The van der Waals surface area contributed by atoms with E-state index in [1.807, 2.05) is 0 Å². The Bertz CT molecular complexity index is 556. The Hall–Kier alpha value is -1.27. The largest absolute Gasteiger partial charge is 0.117 e. The zero-order chi connectivity index (χ0) is 13.2. The number of benzene rings is 2. The zero-order valence-electron chi connectivity index (χ0n) is 11.3. The number of hydrogen-bond acceptors (Lipinski definition) is 0. The van der Waals surface area contributed by atoms with Crippen molar-refractivity contribution in [3.63, 3.8) is 0 Å². The Balaban J connectivity index is 1.92. The highest BCUT2D eigenvalue weighted by Crippen LogP contribution is 2.43. The molecule has 0 heterocycles. The van der Waals surface area contributed by atoms with Gasteiger partial charge in [-0.25, -0.2) is 0 Å². The molecule has 0 aliphatic heterocycles. The first-order chi connectivity index (χ1) is 9.25. The van der Waals surface area contributed by atoms with Gasteiger partial charge in [0, 0.05) is 5.92 Å². The van der Waals surface area contributed by atoms with Gasteiger partial charge in [-0.05, 0) is 42.9 Å². The molecule has 0 N–H and O–H groups in total. The van der Waals surface area contributed by atoms with Crippen LogP contribution in [0.4, 0.5) is 0 Å². The van der Waals surface area contributed by atoms with E-state index in [9.17, 15) is 0 Å². The molecule has 0 amide bonds. The van der Waals surface area contributed by atoms with Gasteiger partial charge in [0.2, 0.25) is 0 Å². The van der Waals surface area contributed by atoms with Crippen molar-refractivity contribution in [2.24, 2.45) is 0 Å². The minimum atomic E-state index is 0.0852. The lowest BCUT2D eigenvalue weighted by atomic mass is 9.79. The molecule has 0 bridgehead atoms. The summed E-state index contributed by atoms with van der Waals surface area (Å²) < 4.78 is 0. The smallest absolute Gasteiger partial charge is 0.0653 e. The van der Waals surface area contributed by atoms with E-state index in [1.165, 1.54) is 41.5 Å². The summed E-state index contributed by atoms with van der Waals surface area (Å²) in [6, 6.07) is 17.4. The number of halogens is 1. The molecule has 0 aromatic heterocycles. The Kier molecular flexibility index (Phi) is 3.61. The van der Waals surface area contributed by atoms with Gasteiger partial charge in [0.15, 0.2) is 0 Å². The summed E-state index contributed by atoms with van der Waals surface area (Å²) in [5.41, 5.74) is 5.47. The van der Waals surface area contributed by atoms with Gasteiger partial charge in [-0.1, -0.05) is 54.1 Å². The number of alkyl halides is 1. The lowest BCUT2D eigenvalue weighted by Gasteiger charge is -2.29. The van der Waals surface area contributed by atoms with Crippen LogP contribution in [0.1, 0.15) is 46.4 Å². The number of aryl methyl sites for hydroxylation is 2. The molecule has 0 fully saturated rings. The molecule has 0 radical (unpaired) electrons. The first kappa shape index (κ1) is 12.7. The van der Waals surface area contributed by atoms with Gasteiger partial charge in [-0.15, -0.1) is 11.6 Å². The van der Waals surface area contributed by atoms with Gasteiger partial charge >= 0.3 is 0 Å². The van der Waals surface area contributed by atoms with Crippen molar-refractivity contribution in [2.45, 2.75) is 37.5 Å². The molecule has 2 aromatic rings. The molecule has 0 spiro atoms. The average molecular weight is 271 g/mol. The molecule has 1 aliphatic rings. The van der Waals surface area contributed by atoms with Crippen LogP contribution in [-0.2, 0) is 6.42 Å². The van der Waals surface area contributed by atoms with Gasteiger partial charge < -0.3 is 0 Å². The lowest BCUT2D eigenvalue weighted by Crippen LogP contribution is -2.14. The first-order valence-electron chi connectivity index (χ1n) is 7.04. The molecular weight excluding hydrogens is 252 g/mol. The third-order valence-corrected chi connectivity index (χ3v) is 4.72. The highest BCUT2D eigenvalue weighted by atomic mass is 35.5. The van der Waals surface area contributed by atoms with Crippen molar-refractivity contribution in [3.05, 3.63) is 70.8 Å². The van der Waals surface area contributed by atoms with E-state index in [-0.39, 0.29) is 5.38 Å². The maximum atomic E-state index is 6.77. The monoisotopic (exact) mass is 270 g/mol. The minimum absolute atomic E-state index is 0.0852. The maximum Gasteiger partial charge on any atom is 0.0653 e. The summed E-state index contributed by atoms with van der Waals surface area (Å²) in [6.07, 6.45) is 3.64. The molecule has 1 heteroatoms. The summed E-state index contributed by atoms with van der Waals surface area (Å²) in [4.78, 5) is 0. The van der Waals surface area contributed by atoms with Crippen molar-refractivity contribution >= 4 is 11.6 Å². The van der Waals surface area contributed by atoms with Gasteiger partial charge in [0.1, 0.15) is 0 Å². The third-order valence-electron chi connectivity index (χ3n) is 4.16. The Labute approximate surface area is 120 Å². The van der Waals surface area contributed by atoms with Crippen LogP contribution in [-0.4, -0.2) is 0 Å². The zero-order valence-corrected chi connectivity index (χ0v) is 12.0. The summed E-state index contributed by atoms with van der Waals surface area (Å²) in [5, 5.41) is 0.0852. The first-order valence-corrected chi connectivity index (χ1v) is 7.48. The SMILES string of the molecule is Cc1ccc(C(Cl)C2CCCc3ccccc32)cc1. The van der Waals surface area contributed by atoms with E-state index < -0.39 is 0 Å². The fourth-order valence-corrected chi connectivity index (χ4v) is 3.49. The summed E-state index contributed by atoms with van der Waals surface area (Å²) >= 11 is 6.77. The topological polar surface area (TPSA) is 0 Å². The fraction of sp³-hybridized carbons (Fsp3) is 0.333. The van der Waals surface area contributed by atoms with Crippen molar-refractivity contribution < 1.29 is 0 Å². The van der Waals surface area contributed by atoms with E-state index in [0.717, 1.165) is 0 Å². The number of rotatable bonds is 2. The van der Waals surface area contributed by atoms with Crippen LogP contribution in [0, 0.1) is 6.92 Å². The molecule has 2 atom stereocenters. The predicted molar refractivity (Wildman–Crippen MR) is 81.9 cm³/mol. The maximum absolute atomic E-state index is 6.77. The van der Waals surface area contributed by atoms with Gasteiger partial charge in [-0.3, -0.25) is 0 Å². The van der Waals surface area contributed by atoms with Crippen LogP contribution in [0.5, 0.6) is 0 Å². The Morgan fingerprint density at radius 1 is 1.05 bits per heavy atom. The van der Waals surface area contributed by atoms with Gasteiger partial charge in [0.05, 0.1) is 5.38 Å². The third kappa shape index (κ3) is 2.55. The second-order valence-corrected chi connectivity index (χ2v) is 5.98. The molecule has 19 heavy (non-hydrogen) atoms. The van der Waals surface area contributed by atoms with E-state index in [2.05, 4.69) is 55.5 Å². The Morgan fingerprint density at radius 2 is 1.79 bits per heavy atom. The van der Waals surface area contributed by atoms with Crippen LogP contribution in [0.3, 0.4) is 0 Å². The van der Waals surface area contributed by atoms with Crippen molar-refractivity contribution in [3.8, 4) is 0 Å². The van der Waals surface area contributed by atoms with Crippen molar-refractivity contribution in [1.29, 1.82) is 0 Å². The summed E-state index contributed by atoms with van der Waals surface area (Å²) in [5.74, 6) is 0.453. The second kappa shape index (κ2) is 5.38. The lowest BCUT2D eigenvalue weighted by molar-refractivity contribution is 0.539. The second-order valence-electron chi connectivity index (χ2n) is 5.51. The summed E-state index contributed by atoms with van der Waals surface area (Å²) in [7, 11) is 0. The molecule has 1 aliphatic carbocycles. The quantitative estimate of drug-likeness (QED) is 0.642. The normalized spacial score (nSPS) is 19.8. The molecule has 0 nitrogen and oxygen atoms in total. The van der Waals surface area contributed by atoms with E-state index in [1.54, 1.807) is 0 Å². The molecular formula is C18H19Cl. The number of fused-ring (bicyclic) bond motifs is 1. The molecule has 2 unspecified atom stereocenters. The van der Waals surface area contributed by atoms with E-state index >= 15 is 0 Å². The highest BCUT2D eigenvalue weighted by Gasteiger charge is 2.27. The predicted octanol–water partition coefficient (Wildman–Crippen LogP) is 5.40. The fourth-order valence-electron chi connectivity index (χ4n) is 3.08. The van der Waals surface area contributed by atoms with Crippen LogP contribution >= 0.6 is 11.6 Å². The number of hydrogen-bond donors (Lipinski definition) is 0. The van der Waals surface area contributed by atoms with Crippen LogP contribution in [0.15, 0.2) is 48.5 Å². The molecule has 0 saturated carbocycles. The average Bonchev–Trinajstić information content (AvgIpc) is 2.47. The van der Waals surface area contributed by atoms with E-state index in [0.29, 0.717) is 5.92 Å². The summed E-state index contributed by atoms with van der Waals surface area (Å²) in [6.45, 7) is 2.11. The van der Waals surface area contributed by atoms with Gasteiger partial charge in [0.25, 0.3) is 0 Å². The minimum Gasteiger partial charge on any atom is -0.117 e. The van der Waals surface area contributed by atoms with E-state index in [4.69, 9.17) is 11.6 Å². The molecule has 0 saturated heterocycles. The van der Waals surface area contributed by atoms with Crippen molar-refractivity contribution in [1.82, 2.24) is 0 Å². The Morgan fingerprint density at radius 3 is 2.58 bits per heavy atom. The van der Waals surface area contributed by atoms with Crippen LogP contribution in [0.2, 0.25) is 0 Å². The molecule has 2 aromatic carbocycles. The molecule has 98 valence electrons. The standard InChI is InChI=1S/C18H19Cl/c1-13-9-11-15(12-10-13)18(19)17-8-4-6-14-5-2-3-7-16(14)17/h2-3,5,7,9-12,17-18H,4,6,8H2,1H3.